The van der Waals surface area contributed by atoms with Crippen LogP contribution in [-0.2, 0) is 13.6 Å². The number of hydrogen-bond donors (Lipinski definition) is 1. The summed E-state index contributed by atoms with van der Waals surface area (Å²) in [5, 5.41) is 8.72. The van der Waals surface area contributed by atoms with Crippen molar-refractivity contribution >= 4 is 21.8 Å². The normalized spacial score (nSPS) is 24.2. The molecule has 1 saturated heterocycles. The van der Waals surface area contributed by atoms with Crippen LogP contribution in [0.25, 0.3) is 0 Å². The number of unbranched alkanes of at least 4 members (excludes halogenated alkanes) is 2. The molecule has 0 aliphatic carbocycles. The smallest absolute Gasteiger partial charge is 0.408 e. The average molecular weight is 380 g/mol. The van der Waals surface area contributed by atoms with E-state index in [4.69, 9.17) is 9.05 Å². The molecule has 1 fully saturated rings. The number of carboxylic acid groups (broad SMARTS) is 1. The van der Waals surface area contributed by atoms with Crippen LogP contribution in [0.4, 0.5) is 4.79 Å². The Bertz CT molecular complexity index is 472. The first kappa shape index (κ1) is 21.7. The fourth-order valence-corrected chi connectivity index (χ4v) is 10.0. The van der Waals surface area contributed by atoms with Crippen LogP contribution >= 0.6 is 7.60 Å². The van der Waals surface area contributed by atoms with E-state index in [9.17, 15) is 14.5 Å². The molecule has 0 spiro atoms. The van der Waals surface area contributed by atoms with Crippen molar-refractivity contribution in [2.75, 3.05) is 13.2 Å². The highest BCUT2D eigenvalue weighted by atomic mass is 31.2. The Morgan fingerprint density at radius 2 is 1.71 bits per heavy atom. The zero-order valence-electron chi connectivity index (χ0n) is 16.0. The molecule has 24 heavy (non-hydrogen) atoms. The van der Waals surface area contributed by atoms with Crippen molar-refractivity contribution in [3.05, 3.63) is 0 Å². The first-order chi connectivity index (χ1) is 11.1. The molecule has 1 rings (SSSR count). The van der Waals surface area contributed by atoms with Gasteiger partial charge in [-0.15, -0.1) is 0 Å². The Hall–Kier alpha value is -0.363. The van der Waals surface area contributed by atoms with Crippen LogP contribution in [0.2, 0.25) is 25.7 Å². The van der Waals surface area contributed by atoms with Gasteiger partial charge < -0.3 is 14.2 Å². The molecule has 1 aliphatic heterocycles. The third kappa shape index (κ3) is 4.42. The van der Waals surface area contributed by atoms with Gasteiger partial charge in [0, 0.05) is 8.07 Å². The van der Waals surface area contributed by atoms with E-state index in [0.29, 0.717) is 6.04 Å². The standard InChI is InChI=1S/C16H34NO5PSi/c1-7-10-11-12-14-16(13-24(4,5)6,17(14)15(18)19)23(20,21-8-2)22-9-3/h14H,7-13H2,1-6H3,(H,18,19). The maximum atomic E-state index is 13.6. The van der Waals surface area contributed by atoms with Crippen LogP contribution in [-0.4, -0.2) is 48.7 Å². The van der Waals surface area contributed by atoms with Crippen LogP contribution in [0.1, 0.15) is 46.5 Å². The second-order valence-electron chi connectivity index (χ2n) is 7.61. The van der Waals surface area contributed by atoms with Crippen LogP contribution in [0.3, 0.4) is 0 Å². The van der Waals surface area contributed by atoms with Gasteiger partial charge in [-0.1, -0.05) is 45.8 Å². The quantitative estimate of drug-likeness (QED) is 0.230. The number of nitrogens with zero attached hydrogens (tertiary/aromatic N) is 1. The summed E-state index contributed by atoms with van der Waals surface area (Å²) in [4.78, 5) is 13.2. The fraction of sp³-hybridized carbons (Fsp3) is 0.938. The van der Waals surface area contributed by atoms with Gasteiger partial charge >= 0.3 is 13.7 Å². The summed E-state index contributed by atoms with van der Waals surface area (Å²) in [7, 11) is -5.25. The summed E-state index contributed by atoms with van der Waals surface area (Å²) in [6.07, 6.45) is 2.73. The van der Waals surface area contributed by atoms with Crippen molar-refractivity contribution in [3.8, 4) is 0 Å². The molecule has 2 unspecified atom stereocenters. The van der Waals surface area contributed by atoms with Gasteiger partial charge in [0.1, 0.15) is 0 Å². The summed E-state index contributed by atoms with van der Waals surface area (Å²) >= 11 is 0. The minimum absolute atomic E-state index is 0.250. The molecule has 142 valence electrons. The number of hydrogen-bond acceptors (Lipinski definition) is 4. The first-order valence-electron chi connectivity index (χ1n) is 9.01. The molecule has 0 saturated carbocycles. The van der Waals surface area contributed by atoms with Crippen molar-refractivity contribution in [2.45, 2.75) is 83.5 Å². The van der Waals surface area contributed by atoms with E-state index in [-0.39, 0.29) is 19.3 Å². The minimum atomic E-state index is -3.54. The van der Waals surface area contributed by atoms with Gasteiger partial charge in [0.2, 0.25) is 0 Å². The topological polar surface area (TPSA) is 75.8 Å². The maximum absolute atomic E-state index is 13.6. The second kappa shape index (κ2) is 8.34. The van der Waals surface area contributed by atoms with E-state index in [1.54, 1.807) is 13.8 Å². The molecule has 8 heteroatoms. The lowest BCUT2D eigenvalue weighted by Gasteiger charge is -2.31. The minimum Gasteiger partial charge on any atom is -0.465 e. The highest BCUT2D eigenvalue weighted by Crippen LogP contribution is 2.74. The molecule has 1 N–H and O–H groups in total. The summed E-state index contributed by atoms with van der Waals surface area (Å²) in [6.45, 7) is 12.7. The van der Waals surface area contributed by atoms with Crippen molar-refractivity contribution < 1.29 is 23.5 Å². The molecule has 0 aromatic heterocycles. The van der Waals surface area contributed by atoms with Crippen molar-refractivity contribution in [1.29, 1.82) is 0 Å². The molecule has 2 atom stereocenters. The molecule has 1 aliphatic rings. The maximum Gasteiger partial charge on any atom is 0.408 e. The van der Waals surface area contributed by atoms with Gasteiger partial charge in [0.15, 0.2) is 5.28 Å². The van der Waals surface area contributed by atoms with Gasteiger partial charge in [-0.25, -0.2) is 4.79 Å². The molecule has 1 heterocycles. The predicted octanol–water partition coefficient (Wildman–Crippen LogP) is 5.23. The highest BCUT2D eigenvalue weighted by Gasteiger charge is 2.76. The lowest BCUT2D eigenvalue weighted by Crippen LogP contribution is -2.35. The van der Waals surface area contributed by atoms with E-state index < -0.39 is 27.0 Å². The molecular weight excluding hydrogens is 345 g/mol. The summed E-state index contributed by atoms with van der Waals surface area (Å²) < 4.78 is 24.8. The molecule has 0 radical (unpaired) electrons. The molecule has 0 aromatic carbocycles. The first-order valence-corrected chi connectivity index (χ1v) is 14.3. The monoisotopic (exact) mass is 379 g/mol. The highest BCUT2D eigenvalue weighted by molar-refractivity contribution is 7.56. The van der Waals surface area contributed by atoms with Crippen molar-refractivity contribution in [2.24, 2.45) is 0 Å². The predicted molar refractivity (Wildman–Crippen MR) is 99.5 cm³/mol. The Morgan fingerprint density at radius 3 is 2.08 bits per heavy atom. The summed E-state index contributed by atoms with van der Waals surface area (Å²) in [6, 6.07) is 0.331. The Kier molecular flexibility index (Phi) is 7.54. The van der Waals surface area contributed by atoms with E-state index in [0.717, 1.165) is 25.7 Å². The number of carbonyl (C=O) groups is 1. The molecule has 1 amide bonds. The van der Waals surface area contributed by atoms with Crippen LogP contribution in [0, 0.1) is 0 Å². The lowest BCUT2D eigenvalue weighted by molar-refractivity contribution is 0.165. The fourth-order valence-electron chi connectivity index (χ4n) is 3.62. The zero-order chi connectivity index (χ0) is 18.6. The third-order valence-electron chi connectivity index (χ3n) is 4.34. The number of amides is 1. The van der Waals surface area contributed by atoms with Gasteiger partial charge in [-0.05, 0) is 26.3 Å². The average Bonchev–Trinajstić information content (AvgIpc) is 3.07. The van der Waals surface area contributed by atoms with Gasteiger partial charge in [-0.2, -0.15) is 0 Å². The third-order valence-corrected chi connectivity index (χ3v) is 9.06. The molecular formula is C16H34NO5PSi. The Balaban J connectivity index is 3.26. The van der Waals surface area contributed by atoms with E-state index in [1.807, 2.05) is 0 Å². The SMILES string of the molecule is CCCCCC1N(C(=O)O)C1(C[Si](C)(C)C)P(=O)(OCC)OCC. The molecule has 0 bridgehead atoms. The van der Waals surface area contributed by atoms with E-state index >= 15 is 0 Å². The zero-order valence-corrected chi connectivity index (χ0v) is 17.9. The summed E-state index contributed by atoms with van der Waals surface area (Å²) in [5.74, 6) is 0. The van der Waals surface area contributed by atoms with Gasteiger partial charge in [-0.3, -0.25) is 9.46 Å². The van der Waals surface area contributed by atoms with Crippen LogP contribution in [0.5, 0.6) is 0 Å². The Labute approximate surface area is 147 Å². The van der Waals surface area contributed by atoms with E-state index in [1.165, 1.54) is 4.90 Å². The van der Waals surface area contributed by atoms with Crippen LogP contribution in [0.15, 0.2) is 0 Å². The molecule has 6 nitrogen and oxygen atoms in total. The lowest BCUT2D eigenvalue weighted by atomic mass is 10.1. The van der Waals surface area contributed by atoms with Gasteiger partial charge in [0.25, 0.3) is 0 Å². The van der Waals surface area contributed by atoms with Crippen molar-refractivity contribution in [3.63, 3.8) is 0 Å². The van der Waals surface area contributed by atoms with Gasteiger partial charge in [0.05, 0.1) is 19.3 Å². The van der Waals surface area contributed by atoms with Crippen LogP contribution < -0.4 is 0 Å². The van der Waals surface area contributed by atoms with Crippen molar-refractivity contribution in [1.82, 2.24) is 4.90 Å². The second-order valence-corrected chi connectivity index (χ2v) is 15.4. The Morgan fingerprint density at radius 1 is 1.17 bits per heavy atom. The largest absolute Gasteiger partial charge is 0.465 e. The van der Waals surface area contributed by atoms with E-state index in [2.05, 4.69) is 26.6 Å². The summed E-state index contributed by atoms with van der Waals surface area (Å²) in [5.41, 5.74) is 0. The molecule has 0 aromatic rings. The number of rotatable bonds is 11.